The fraction of sp³-hybridized carbons (Fsp3) is 0.611. The lowest BCUT2D eigenvalue weighted by molar-refractivity contribution is 0.0322. The lowest BCUT2D eigenvalue weighted by Gasteiger charge is -2.26. The Bertz CT molecular complexity index is 520. The summed E-state index contributed by atoms with van der Waals surface area (Å²) in [5.74, 6) is 1.90. The summed E-state index contributed by atoms with van der Waals surface area (Å²) >= 11 is 0. The maximum absolute atomic E-state index is 5.96. The van der Waals surface area contributed by atoms with E-state index in [1.165, 1.54) is 0 Å². The molecule has 0 saturated carbocycles. The number of nitrogens with zero attached hydrogens (tertiary/aromatic N) is 2. The molecule has 0 amide bonds. The number of rotatable bonds is 8. The van der Waals surface area contributed by atoms with Crippen molar-refractivity contribution in [3.63, 3.8) is 0 Å². The summed E-state index contributed by atoms with van der Waals surface area (Å²) < 4.78 is 11.3. The molecule has 0 atom stereocenters. The molecule has 25 heavy (non-hydrogen) atoms. The van der Waals surface area contributed by atoms with Crippen molar-refractivity contribution in [2.75, 3.05) is 46.0 Å². The van der Waals surface area contributed by atoms with Crippen LogP contribution >= 0.6 is 24.0 Å². The van der Waals surface area contributed by atoms with Crippen molar-refractivity contribution in [3.05, 3.63) is 29.8 Å². The summed E-state index contributed by atoms with van der Waals surface area (Å²) in [5.41, 5.74) is 6.95. The quantitative estimate of drug-likeness (QED) is 0.352. The monoisotopic (exact) mass is 462 g/mol. The van der Waals surface area contributed by atoms with Crippen LogP contribution < -0.4 is 15.8 Å². The number of guanidine groups is 1. The van der Waals surface area contributed by atoms with Crippen molar-refractivity contribution in [2.24, 2.45) is 16.6 Å². The maximum atomic E-state index is 5.96. The molecule has 3 N–H and O–H groups in total. The van der Waals surface area contributed by atoms with E-state index in [0.717, 1.165) is 50.7 Å². The van der Waals surface area contributed by atoms with Gasteiger partial charge in [0.15, 0.2) is 5.96 Å². The second-order valence-electron chi connectivity index (χ2n) is 6.39. The number of hydrogen-bond donors (Lipinski definition) is 2. The van der Waals surface area contributed by atoms with E-state index >= 15 is 0 Å². The smallest absolute Gasteiger partial charge is 0.188 e. The molecule has 1 fully saturated rings. The summed E-state index contributed by atoms with van der Waals surface area (Å²) in [4.78, 5) is 6.76. The minimum atomic E-state index is 0. The fourth-order valence-electron chi connectivity index (χ4n) is 2.42. The molecule has 7 heteroatoms. The van der Waals surface area contributed by atoms with Crippen LogP contribution in [0.4, 0.5) is 0 Å². The SMILES string of the molecule is CC(C)CNC(N)=NCc1ccccc1OCCN1CCOCC1.I. The number of ether oxygens (including phenoxy) is 2. The van der Waals surface area contributed by atoms with Gasteiger partial charge in [0.25, 0.3) is 0 Å². The second-order valence-corrected chi connectivity index (χ2v) is 6.39. The maximum Gasteiger partial charge on any atom is 0.188 e. The zero-order chi connectivity index (χ0) is 17.2. The molecular weight excluding hydrogens is 431 g/mol. The van der Waals surface area contributed by atoms with Gasteiger partial charge in [-0.2, -0.15) is 0 Å². The number of halogens is 1. The number of morpholine rings is 1. The average Bonchev–Trinajstić information content (AvgIpc) is 2.60. The molecule has 1 aromatic rings. The third-order valence-corrected chi connectivity index (χ3v) is 3.85. The Morgan fingerprint density at radius 1 is 1.32 bits per heavy atom. The highest BCUT2D eigenvalue weighted by Crippen LogP contribution is 2.18. The summed E-state index contributed by atoms with van der Waals surface area (Å²) in [7, 11) is 0. The lowest BCUT2D eigenvalue weighted by Crippen LogP contribution is -2.38. The van der Waals surface area contributed by atoms with Crippen LogP contribution in [0.3, 0.4) is 0 Å². The zero-order valence-corrected chi connectivity index (χ0v) is 17.6. The van der Waals surface area contributed by atoms with Crippen LogP contribution in [0, 0.1) is 5.92 Å². The van der Waals surface area contributed by atoms with Crippen LogP contribution in [-0.4, -0.2) is 56.9 Å². The molecule has 0 radical (unpaired) electrons. The van der Waals surface area contributed by atoms with Crippen LogP contribution in [-0.2, 0) is 11.3 Å². The molecule has 1 heterocycles. The molecule has 1 aromatic carbocycles. The highest BCUT2D eigenvalue weighted by Gasteiger charge is 2.10. The third kappa shape index (κ3) is 8.73. The first kappa shape index (κ1) is 22.0. The molecule has 0 bridgehead atoms. The Morgan fingerprint density at radius 3 is 2.76 bits per heavy atom. The largest absolute Gasteiger partial charge is 0.492 e. The van der Waals surface area contributed by atoms with E-state index in [-0.39, 0.29) is 24.0 Å². The van der Waals surface area contributed by atoms with Crippen LogP contribution in [0.2, 0.25) is 0 Å². The van der Waals surface area contributed by atoms with E-state index in [1.807, 2.05) is 24.3 Å². The van der Waals surface area contributed by atoms with Crippen molar-refractivity contribution in [1.82, 2.24) is 10.2 Å². The predicted molar refractivity (Wildman–Crippen MR) is 113 cm³/mol. The Balaban J connectivity index is 0.00000312. The molecule has 1 aliphatic heterocycles. The van der Waals surface area contributed by atoms with Crippen molar-refractivity contribution < 1.29 is 9.47 Å². The lowest BCUT2D eigenvalue weighted by atomic mass is 10.2. The first-order valence-corrected chi connectivity index (χ1v) is 8.69. The van der Waals surface area contributed by atoms with Gasteiger partial charge in [0, 0.05) is 31.7 Å². The molecule has 1 aliphatic rings. The highest BCUT2D eigenvalue weighted by molar-refractivity contribution is 14.0. The van der Waals surface area contributed by atoms with Gasteiger partial charge in [0.05, 0.1) is 19.8 Å². The van der Waals surface area contributed by atoms with Gasteiger partial charge >= 0.3 is 0 Å². The van der Waals surface area contributed by atoms with Crippen LogP contribution in [0.15, 0.2) is 29.3 Å². The molecular formula is C18H31IN4O2. The van der Waals surface area contributed by atoms with Gasteiger partial charge in [-0.15, -0.1) is 24.0 Å². The third-order valence-electron chi connectivity index (χ3n) is 3.85. The molecule has 6 nitrogen and oxygen atoms in total. The molecule has 142 valence electrons. The summed E-state index contributed by atoms with van der Waals surface area (Å²) in [6.07, 6.45) is 0. The molecule has 0 spiro atoms. The van der Waals surface area contributed by atoms with Crippen LogP contribution in [0.5, 0.6) is 5.75 Å². The minimum Gasteiger partial charge on any atom is -0.492 e. The van der Waals surface area contributed by atoms with Crippen molar-refractivity contribution in [1.29, 1.82) is 0 Å². The van der Waals surface area contributed by atoms with Gasteiger partial charge < -0.3 is 20.5 Å². The Morgan fingerprint density at radius 2 is 2.04 bits per heavy atom. The number of para-hydroxylation sites is 1. The zero-order valence-electron chi connectivity index (χ0n) is 15.2. The van der Waals surface area contributed by atoms with Gasteiger partial charge in [0.2, 0.25) is 0 Å². The van der Waals surface area contributed by atoms with Crippen molar-refractivity contribution in [3.8, 4) is 5.75 Å². The predicted octanol–water partition coefficient (Wildman–Crippen LogP) is 2.08. The van der Waals surface area contributed by atoms with E-state index in [1.54, 1.807) is 0 Å². The van der Waals surface area contributed by atoms with Gasteiger partial charge in [-0.05, 0) is 12.0 Å². The van der Waals surface area contributed by atoms with Crippen molar-refractivity contribution >= 4 is 29.9 Å². The number of nitrogens with two attached hydrogens (primary N) is 1. The molecule has 2 rings (SSSR count). The molecule has 0 unspecified atom stereocenters. The average molecular weight is 462 g/mol. The standard InChI is InChI=1S/C18H30N4O2.HI/c1-15(2)13-20-18(19)21-14-16-5-3-4-6-17(16)24-12-9-22-7-10-23-11-8-22;/h3-6,15H,7-14H2,1-2H3,(H3,19,20,21);1H. The van der Waals surface area contributed by atoms with Crippen LogP contribution in [0.25, 0.3) is 0 Å². The summed E-state index contributed by atoms with van der Waals surface area (Å²) in [6.45, 7) is 10.8. The summed E-state index contributed by atoms with van der Waals surface area (Å²) in [5, 5.41) is 3.13. The van der Waals surface area contributed by atoms with Gasteiger partial charge in [-0.1, -0.05) is 32.0 Å². The topological polar surface area (TPSA) is 72.1 Å². The van der Waals surface area contributed by atoms with Crippen molar-refractivity contribution in [2.45, 2.75) is 20.4 Å². The molecule has 0 aromatic heterocycles. The number of aliphatic imine (C=N–C) groups is 1. The van der Waals surface area contributed by atoms with E-state index in [9.17, 15) is 0 Å². The van der Waals surface area contributed by atoms with E-state index < -0.39 is 0 Å². The van der Waals surface area contributed by atoms with E-state index in [2.05, 4.69) is 29.1 Å². The highest BCUT2D eigenvalue weighted by atomic mass is 127. The van der Waals surface area contributed by atoms with E-state index in [0.29, 0.717) is 25.0 Å². The molecule has 1 saturated heterocycles. The van der Waals surface area contributed by atoms with E-state index in [4.69, 9.17) is 15.2 Å². The first-order valence-electron chi connectivity index (χ1n) is 8.69. The summed E-state index contributed by atoms with van der Waals surface area (Å²) in [6, 6.07) is 8.00. The molecule has 0 aliphatic carbocycles. The number of benzene rings is 1. The Labute approximate surface area is 168 Å². The van der Waals surface area contributed by atoms with Gasteiger partial charge in [-0.25, -0.2) is 4.99 Å². The van der Waals surface area contributed by atoms with Gasteiger partial charge in [-0.3, -0.25) is 4.90 Å². The first-order chi connectivity index (χ1) is 11.6. The minimum absolute atomic E-state index is 0. The van der Waals surface area contributed by atoms with Crippen LogP contribution in [0.1, 0.15) is 19.4 Å². The second kappa shape index (κ2) is 12.3. The fourth-order valence-corrected chi connectivity index (χ4v) is 2.42. The number of hydrogen-bond acceptors (Lipinski definition) is 4. The number of nitrogens with one attached hydrogen (secondary N) is 1. The normalized spacial score (nSPS) is 15.7. The Hall–Kier alpha value is -1.06. The van der Waals surface area contributed by atoms with Gasteiger partial charge in [0.1, 0.15) is 12.4 Å². The Kier molecular flexibility index (Phi) is 10.8.